The monoisotopic (exact) mass is 477 g/mol. The average molecular weight is 478 g/mol. The normalized spacial score (nSPS) is 19.7. The minimum Gasteiger partial charge on any atom is -0.504 e. The highest BCUT2D eigenvalue weighted by atomic mass is 16.5. The van der Waals surface area contributed by atoms with E-state index in [1.165, 1.54) is 6.07 Å². The fourth-order valence-electron chi connectivity index (χ4n) is 4.94. The molecule has 2 aromatic rings. The van der Waals surface area contributed by atoms with Gasteiger partial charge < -0.3 is 24.6 Å². The summed E-state index contributed by atoms with van der Waals surface area (Å²) in [6.07, 6.45) is 0.961. The number of Topliss-reactive ketones (excluding diaryl/α,β-unsaturated/α-hetero) is 1. The van der Waals surface area contributed by atoms with Gasteiger partial charge >= 0.3 is 5.97 Å². The Kier molecular flexibility index (Phi) is 7.15. The molecule has 0 radical (unpaired) electrons. The number of aromatic hydroxyl groups is 1. The average Bonchev–Trinajstić information content (AvgIpc) is 2.84. The fourth-order valence-corrected chi connectivity index (χ4v) is 4.94. The maximum absolute atomic E-state index is 13.7. The summed E-state index contributed by atoms with van der Waals surface area (Å²) in [6, 6.07) is 12.7. The molecule has 184 valence electrons. The molecule has 0 saturated carbocycles. The van der Waals surface area contributed by atoms with Crippen LogP contribution in [0.3, 0.4) is 0 Å². The number of benzene rings is 2. The molecule has 0 saturated heterocycles. The summed E-state index contributed by atoms with van der Waals surface area (Å²) in [7, 11) is 1.62. The molecule has 35 heavy (non-hydrogen) atoms. The van der Waals surface area contributed by atoms with Crippen LogP contribution in [0.5, 0.6) is 17.2 Å². The van der Waals surface area contributed by atoms with Gasteiger partial charge in [0, 0.05) is 29.3 Å². The molecule has 0 bridgehead atoms. The van der Waals surface area contributed by atoms with Gasteiger partial charge in [-0.2, -0.15) is 0 Å². The Hall–Kier alpha value is -3.74. The lowest BCUT2D eigenvalue weighted by atomic mass is 9.71. The number of ether oxygens (including phenoxy) is 3. The Bertz CT molecular complexity index is 1190. The van der Waals surface area contributed by atoms with Crippen molar-refractivity contribution in [3.05, 3.63) is 76.1 Å². The summed E-state index contributed by atoms with van der Waals surface area (Å²) >= 11 is 0. The highest BCUT2D eigenvalue weighted by molar-refractivity contribution is 6.04. The highest BCUT2D eigenvalue weighted by Gasteiger charge is 2.41. The molecule has 7 nitrogen and oxygen atoms in total. The second-order valence-corrected chi connectivity index (χ2v) is 8.67. The first kappa shape index (κ1) is 24.4. The number of dihydropyridines is 1. The molecule has 2 atom stereocenters. The van der Waals surface area contributed by atoms with E-state index in [4.69, 9.17) is 14.2 Å². The fraction of sp³-hybridized carbons (Fsp3) is 0.357. The maximum Gasteiger partial charge on any atom is 0.336 e. The van der Waals surface area contributed by atoms with E-state index in [1.807, 2.05) is 38.1 Å². The Morgan fingerprint density at radius 2 is 1.77 bits per heavy atom. The van der Waals surface area contributed by atoms with E-state index in [1.54, 1.807) is 26.2 Å². The molecule has 1 aliphatic heterocycles. The first-order valence-electron chi connectivity index (χ1n) is 11.9. The number of phenols is 1. The van der Waals surface area contributed by atoms with Crippen LogP contribution in [-0.2, 0) is 14.3 Å². The molecule has 1 heterocycles. The van der Waals surface area contributed by atoms with E-state index in [2.05, 4.69) is 5.32 Å². The third-order valence-corrected chi connectivity index (χ3v) is 6.53. The standard InChI is InChI=1S/C28H31NO6/c1-5-34-24-15-18(9-12-22(24)30)26-25(28(32)35-6-2)16(3)29-21-13-19(14-23(31)27(21)26)17-7-10-20(33-4)11-8-17/h7-12,15,19,26,29-30H,5-6,13-14H2,1-4H3. The van der Waals surface area contributed by atoms with Gasteiger partial charge in [-0.1, -0.05) is 18.2 Å². The first-order chi connectivity index (χ1) is 16.9. The van der Waals surface area contributed by atoms with Gasteiger partial charge in [-0.3, -0.25) is 4.79 Å². The summed E-state index contributed by atoms with van der Waals surface area (Å²) in [5.74, 6) is -0.0138. The summed E-state index contributed by atoms with van der Waals surface area (Å²) in [5.41, 5.74) is 4.18. The Morgan fingerprint density at radius 3 is 2.43 bits per heavy atom. The van der Waals surface area contributed by atoms with Gasteiger partial charge in [-0.15, -0.1) is 0 Å². The van der Waals surface area contributed by atoms with E-state index in [0.29, 0.717) is 47.6 Å². The number of ketones is 1. The molecule has 0 spiro atoms. The Labute approximate surface area is 205 Å². The van der Waals surface area contributed by atoms with Gasteiger partial charge in [-0.25, -0.2) is 4.79 Å². The van der Waals surface area contributed by atoms with Gasteiger partial charge in [0.15, 0.2) is 17.3 Å². The van der Waals surface area contributed by atoms with Crippen molar-refractivity contribution >= 4 is 11.8 Å². The zero-order valence-corrected chi connectivity index (χ0v) is 20.5. The molecule has 0 fully saturated rings. The predicted octanol–water partition coefficient (Wildman–Crippen LogP) is 4.72. The minimum absolute atomic E-state index is 0.00617. The highest BCUT2D eigenvalue weighted by Crippen LogP contribution is 2.47. The molecule has 2 unspecified atom stereocenters. The lowest BCUT2D eigenvalue weighted by Gasteiger charge is -2.36. The molecule has 1 aliphatic carbocycles. The summed E-state index contributed by atoms with van der Waals surface area (Å²) in [5, 5.41) is 13.6. The largest absolute Gasteiger partial charge is 0.504 e. The molecule has 0 aromatic heterocycles. The van der Waals surface area contributed by atoms with Crippen LogP contribution in [0.1, 0.15) is 56.6 Å². The molecular weight excluding hydrogens is 446 g/mol. The topological polar surface area (TPSA) is 94.1 Å². The number of methoxy groups -OCH3 is 1. The van der Waals surface area contributed by atoms with Crippen molar-refractivity contribution in [1.82, 2.24) is 5.32 Å². The van der Waals surface area contributed by atoms with Crippen LogP contribution < -0.4 is 14.8 Å². The van der Waals surface area contributed by atoms with Gasteiger partial charge in [0.1, 0.15) is 5.75 Å². The second-order valence-electron chi connectivity index (χ2n) is 8.67. The number of carbonyl (C=O) groups is 2. The predicted molar refractivity (Wildman–Crippen MR) is 131 cm³/mol. The Balaban J connectivity index is 1.79. The molecule has 0 amide bonds. The Morgan fingerprint density at radius 1 is 1.06 bits per heavy atom. The zero-order chi connectivity index (χ0) is 25.1. The van der Waals surface area contributed by atoms with E-state index < -0.39 is 11.9 Å². The van der Waals surface area contributed by atoms with E-state index in [0.717, 1.165) is 17.0 Å². The molecule has 7 heteroatoms. The van der Waals surface area contributed by atoms with E-state index in [-0.39, 0.29) is 24.1 Å². The van der Waals surface area contributed by atoms with Crippen LogP contribution in [0.4, 0.5) is 0 Å². The van der Waals surface area contributed by atoms with Crippen molar-refractivity contribution in [2.75, 3.05) is 20.3 Å². The molecule has 4 rings (SSSR count). The van der Waals surface area contributed by atoms with Crippen molar-refractivity contribution in [3.8, 4) is 17.2 Å². The number of allylic oxidation sites excluding steroid dienone is 3. The van der Waals surface area contributed by atoms with Gasteiger partial charge in [0.2, 0.25) is 0 Å². The summed E-state index contributed by atoms with van der Waals surface area (Å²) in [4.78, 5) is 26.7. The van der Waals surface area contributed by atoms with Gasteiger partial charge in [0.25, 0.3) is 0 Å². The number of hydrogen-bond donors (Lipinski definition) is 2. The number of esters is 1. The van der Waals surface area contributed by atoms with Crippen LogP contribution in [0.2, 0.25) is 0 Å². The van der Waals surface area contributed by atoms with E-state index in [9.17, 15) is 14.7 Å². The quantitative estimate of drug-likeness (QED) is 0.557. The third-order valence-electron chi connectivity index (χ3n) is 6.53. The lowest BCUT2D eigenvalue weighted by molar-refractivity contribution is -0.138. The van der Waals surface area contributed by atoms with Crippen molar-refractivity contribution in [2.24, 2.45) is 0 Å². The summed E-state index contributed by atoms with van der Waals surface area (Å²) < 4.78 is 16.2. The number of rotatable bonds is 7. The van der Waals surface area contributed by atoms with Crippen molar-refractivity contribution < 1.29 is 28.9 Å². The second kappa shape index (κ2) is 10.3. The smallest absolute Gasteiger partial charge is 0.336 e. The van der Waals surface area contributed by atoms with Crippen LogP contribution in [0.15, 0.2) is 65.0 Å². The van der Waals surface area contributed by atoms with Crippen molar-refractivity contribution in [1.29, 1.82) is 0 Å². The minimum atomic E-state index is -0.616. The zero-order valence-electron chi connectivity index (χ0n) is 20.5. The van der Waals surface area contributed by atoms with Gasteiger partial charge in [-0.05, 0) is 68.5 Å². The summed E-state index contributed by atoms with van der Waals surface area (Å²) in [6.45, 7) is 6.01. The van der Waals surface area contributed by atoms with Crippen LogP contribution in [0, 0.1) is 0 Å². The molecule has 2 aromatic carbocycles. The molecule has 2 N–H and O–H groups in total. The van der Waals surface area contributed by atoms with Crippen LogP contribution >= 0.6 is 0 Å². The van der Waals surface area contributed by atoms with Crippen LogP contribution in [0.25, 0.3) is 0 Å². The molecule has 2 aliphatic rings. The molecular formula is C28H31NO6. The first-order valence-corrected chi connectivity index (χ1v) is 11.9. The SMILES string of the molecule is CCOC(=O)C1=C(C)NC2=C(C(=O)CC(c3ccc(OC)cc3)C2)C1c1ccc(O)c(OCC)c1. The number of hydrogen-bond acceptors (Lipinski definition) is 7. The van der Waals surface area contributed by atoms with Crippen molar-refractivity contribution in [2.45, 2.75) is 45.4 Å². The lowest BCUT2D eigenvalue weighted by Crippen LogP contribution is -2.36. The van der Waals surface area contributed by atoms with Crippen molar-refractivity contribution in [3.63, 3.8) is 0 Å². The third kappa shape index (κ3) is 4.76. The number of nitrogens with one attached hydrogen (secondary N) is 1. The van der Waals surface area contributed by atoms with Crippen LogP contribution in [-0.4, -0.2) is 37.2 Å². The maximum atomic E-state index is 13.7. The number of phenolic OH excluding ortho intramolecular Hbond substituents is 1. The number of carbonyl (C=O) groups excluding carboxylic acids is 2. The van der Waals surface area contributed by atoms with Gasteiger partial charge in [0.05, 0.1) is 25.9 Å². The van der Waals surface area contributed by atoms with E-state index >= 15 is 0 Å².